The first-order chi connectivity index (χ1) is 19.2. The number of aromatic amines is 2. The van der Waals surface area contributed by atoms with Gasteiger partial charge in [-0.05, 0) is 54.1 Å². The Labute approximate surface area is 222 Å². The van der Waals surface area contributed by atoms with Gasteiger partial charge in [-0.15, -0.1) is 0 Å². The first-order valence-corrected chi connectivity index (χ1v) is 12.3. The summed E-state index contributed by atoms with van der Waals surface area (Å²) in [5.74, 6) is -0.200. The maximum absolute atomic E-state index is 12.6. The van der Waals surface area contributed by atoms with E-state index in [1.54, 1.807) is 43.1 Å². The molecule has 0 unspecified atom stereocenters. The molecule has 0 fully saturated rings. The van der Waals surface area contributed by atoms with Gasteiger partial charge in [0, 0.05) is 46.9 Å². The zero-order chi connectivity index (χ0) is 26.2. The summed E-state index contributed by atoms with van der Waals surface area (Å²) in [7, 11) is 0. The Balaban J connectivity index is 1.25. The topological polar surface area (TPSA) is 125 Å². The lowest BCUT2D eigenvalue weighted by Crippen LogP contribution is -2.11. The minimum absolute atomic E-state index is 0.200. The number of carbonyl (C=O) groups excluding carboxylic acids is 1. The molecule has 0 spiro atoms. The average molecular weight is 509 g/mol. The molecule has 0 saturated carbocycles. The van der Waals surface area contributed by atoms with Crippen molar-refractivity contribution in [2.75, 3.05) is 5.32 Å². The van der Waals surface area contributed by atoms with Crippen molar-refractivity contribution in [1.29, 1.82) is 0 Å². The van der Waals surface area contributed by atoms with Crippen LogP contribution in [0.25, 0.3) is 55.7 Å². The minimum Gasteiger partial charge on any atom is -0.352 e. The van der Waals surface area contributed by atoms with Gasteiger partial charge in [-0.2, -0.15) is 5.10 Å². The Hall–Kier alpha value is -5.70. The van der Waals surface area contributed by atoms with Crippen molar-refractivity contribution < 1.29 is 4.79 Å². The van der Waals surface area contributed by atoms with Gasteiger partial charge in [-0.25, -0.2) is 4.98 Å². The van der Waals surface area contributed by atoms with E-state index in [4.69, 9.17) is 4.98 Å². The van der Waals surface area contributed by atoms with E-state index in [1.807, 2.05) is 54.7 Å². The van der Waals surface area contributed by atoms with Crippen LogP contribution in [0.1, 0.15) is 10.4 Å². The van der Waals surface area contributed by atoms with Crippen molar-refractivity contribution in [2.24, 2.45) is 0 Å². The second kappa shape index (κ2) is 9.31. The van der Waals surface area contributed by atoms with Crippen LogP contribution in [0.5, 0.6) is 0 Å². The number of hydrogen-bond acceptors (Lipinski definition) is 6. The molecule has 39 heavy (non-hydrogen) atoms. The fourth-order valence-corrected chi connectivity index (χ4v) is 4.63. The van der Waals surface area contributed by atoms with Crippen LogP contribution in [0.3, 0.4) is 0 Å². The number of hydrogen-bond donors (Lipinski definition) is 3. The average Bonchev–Trinajstić information content (AvgIpc) is 3.62. The third-order valence-electron chi connectivity index (χ3n) is 6.53. The zero-order valence-electron chi connectivity index (χ0n) is 20.5. The van der Waals surface area contributed by atoms with E-state index in [0.29, 0.717) is 22.6 Å². The molecule has 3 N–H and O–H groups in total. The lowest BCUT2D eigenvalue weighted by Gasteiger charge is -2.07. The van der Waals surface area contributed by atoms with Gasteiger partial charge < -0.3 is 10.3 Å². The fourth-order valence-electron chi connectivity index (χ4n) is 4.63. The number of nitrogens with zero attached hydrogens (tertiary/aromatic N) is 5. The molecule has 7 aromatic rings. The molecular formula is C30H20N8O. The Morgan fingerprint density at radius 2 is 1.62 bits per heavy atom. The predicted molar refractivity (Wildman–Crippen MR) is 150 cm³/mol. The number of H-pyrrole nitrogens is 2. The molecule has 0 aliphatic carbocycles. The molecule has 0 radical (unpaired) electrons. The Morgan fingerprint density at radius 3 is 2.49 bits per heavy atom. The summed E-state index contributed by atoms with van der Waals surface area (Å²) in [6.45, 7) is 0. The van der Waals surface area contributed by atoms with Crippen LogP contribution in [0.4, 0.5) is 5.69 Å². The van der Waals surface area contributed by atoms with E-state index < -0.39 is 0 Å². The maximum atomic E-state index is 12.6. The second-order valence-corrected chi connectivity index (χ2v) is 9.01. The number of amides is 1. The molecule has 1 aromatic carbocycles. The molecule has 0 aliphatic heterocycles. The zero-order valence-corrected chi connectivity index (χ0v) is 20.5. The molecule has 6 heterocycles. The summed E-state index contributed by atoms with van der Waals surface area (Å²) in [5.41, 5.74) is 8.64. The lowest BCUT2D eigenvalue weighted by molar-refractivity contribution is 0.102. The predicted octanol–water partition coefficient (Wildman–Crippen LogP) is 5.88. The highest BCUT2D eigenvalue weighted by Gasteiger charge is 2.16. The van der Waals surface area contributed by atoms with Crippen molar-refractivity contribution >= 4 is 33.5 Å². The SMILES string of the molecule is O=C(Nc1cncc(-c2ccc3[nH]nc(-c4cc5c(-c6ccncc6)cncc5[nH]4)c3n2)c1)c1ccccc1. The molecule has 186 valence electrons. The third kappa shape index (κ3) is 4.17. The summed E-state index contributed by atoms with van der Waals surface area (Å²) in [6, 6.07) is 20.8. The van der Waals surface area contributed by atoms with Crippen LogP contribution in [-0.4, -0.2) is 41.0 Å². The monoisotopic (exact) mass is 508 g/mol. The van der Waals surface area contributed by atoms with Crippen molar-refractivity contribution in [2.45, 2.75) is 0 Å². The fraction of sp³-hybridized carbons (Fsp3) is 0. The Morgan fingerprint density at radius 1 is 0.769 bits per heavy atom. The normalized spacial score (nSPS) is 11.2. The van der Waals surface area contributed by atoms with E-state index in [2.05, 4.69) is 41.5 Å². The van der Waals surface area contributed by atoms with Crippen molar-refractivity contribution in [3.8, 4) is 33.8 Å². The highest BCUT2D eigenvalue weighted by Crippen LogP contribution is 2.33. The maximum Gasteiger partial charge on any atom is 0.255 e. The number of anilines is 1. The smallest absolute Gasteiger partial charge is 0.255 e. The van der Waals surface area contributed by atoms with E-state index in [9.17, 15) is 4.79 Å². The minimum atomic E-state index is -0.200. The number of fused-ring (bicyclic) bond motifs is 2. The van der Waals surface area contributed by atoms with Gasteiger partial charge in [-0.1, -0.05) is 18.2 Å². The molecule has 7 rings (SSSR count). The van der Waals surface area contributed by atoms with Crippen molar-refractivity contribution in [1.82, 2.24) is 35.1 Å². The first-order valence-electron chi connectivity index (χ1n) is 12.3. The van der Waals surface area contributed by atoms with Gasteiger partial charge in [0.1, 0.15) is 11.2 Å². The molecule has 0 aliphatic rings. The molecule has 6 aromatic heterocycles. The Kier molecular flexibility index (Phi) is 5.37. The third-order valence-corrected chi connectivity index (χ3v) is 6.53. The van der Waals surface area contributed by atoms with Crippen LogP contribution < -0.4 is 5.32 Å². The summed E-state index contributed by atoms with van der Waals surface area (Å²) >= 11 is 0. The molecule has 0 bridgehead atoms. The van der Waals surface area contributed by atoms with E-state index in [-0.39, 0.29) is 5.91 Å². The molecule has 9 heteroatoms. The van der Waals surface area contributed by atoms with Gasteiger partial charge >= 0.3 is 0 Å². The Bertz CT molecular complexity index is 1960. The van der Waals surface area contributed by atoms with Crippen molar-refractivity contribution in [3.05, 3.63) is 109 Å². The number of pyridine rings is 4. The van der Waals surface area contributed by atoms with Crippen LogP contribution in [0, 0.1) is 0 Å². The van der Waals surface area contributed by atoms with Crippen molar-refractivity contribution in [3.63, 3.8) is 0 Å². The summed E-state index contributed by atoms with van der Waals surface area (Å²) in [6.07, 6.45) is 10.5. The molecule has 0 saturated heterocycles. The lowest BCUT2D eigenvalue weighted by atomic mass is 10.1. The van der Waals surface area contributed by atoms with Crippen LogP contribution in [0.2, 0.25) is 0 Å². The first kappa shape index (κ1) is 22.5. The van der Waals surface area contributed by atoms with E-state index in [1.165, 1.54) is 0 Å². The summed E-state index contributed by atoms with van der Waals surface area (Å²) in [5, 5.41) is 11.6. The molecule has 0 atom stereocenters. The number of aromatic nitrogens is 7. The number of nitrogens with one attached hydrogen (secondary N) is 3. The summed E-state index contributed by atoms with van der Waals surface area (Å²) < 4.78 is 0. The van der Waals surface area contributed by atoms with Gasteiger partial charge in [0.2, 0.25) is 0 Å². The van der Waals surface area contributed by atoms with Crippen LogP contribution >= 0.6 is 0 Å². The number of rotatable bonds is 5. The molecule has 1 amide bonds. The standard InChI is InChI=1S/C30H20N8O/c39-30(19-4-2-1-3-5-19)34-21-12-20(14-32-15-21)24-6-7-25-28(36-24)29(38-37-25)26-13-22-23(16-33-17-27(22)35-26)18-8-10-31-11-9-18/h1-17,35H,(H,34,39)(H,37,38). The van der Waals surface area contributed by atoms with Crippen LogP contribution in [0.15, 0.2) is 104 Å². The highest BCUT2D eigenvalue weighted by molar-refractivity contribution is 6.04. The molecule has 9 nitrogen and oxygen atoms in total. The highest BCUT2D eigenvalue weighted by atomic mass is 16.1. The van der Waals surface area contributed by atoms with Gasteiger partial charge in [0.25, 0.3) is 5.91 Å². The van der Waals surface area contributed by atoms with E-state index >= 15 is 0 Å². The van der Waals surface area contributed by atoms with Crippen LogP contribution in [-0.2, 0) is 0 Å². The summed E-state index contributed by atoms with van der Waals surface area (Å²) in [4.78, 5) is 33.8. The van der Waals surface area contributed by atoms with Gasteiger partial charge in [0.15, 0.2) is 0 Å². The molecular weight excluding hydrogens is 488 g/mol. The number of carbonyl (C=O) groups is 1. The quantitative estimate of drug-likeness (QED) is 0.267. The van der Waals surface area contributed by atoms with Gasteiger partial charge in [-0.3, -0.25) is 24.8 Å². The second-order valence-electron chi connectivity index (χ2n) is 9.01. The largest absolute Gasteiger partial charge is 0.352 e. The van der Waals surface area contributed by atoms with Gasteiger partial charge in [0.05, 0.1) is 40.5 Å². The number of benzene rings is 1. The van der Waals surface area contributed by atoms with E-state index in [0.717, 1.165) is 44.3 Å².